The third-order valence-corrected chi connectivity index (χ3v) is 5.31. The van der Waals surface area contributed by atoms with Crippen molar-refractivity contribution in [1.29, 1.82) is 0 Å². The summed E-state index contributed by atoms with van der Waals surface area (Å²) in [5.41, 5.74) is 2.53. The van der Waals surface area contributed by atoms with Crippen LogP contribution in [0.25, 0.3) is 22.0 Å². The number of carbonyl (C=O) groups excluding carboxylic acids is 1. The molecule has 29 heavy (non-hydrogen) atoms. The zero-order valence-corrected chi connectivity index (χ0v) is 16.6. The van der Waals surface area contributed by atoms with E-state index < -0.39 is 0 Å². The third-order valence-electron chi connectivity index (χ3n) is 4.39. The Morgan fingerprint density at radius 3 is 2.59 bits per heavy atom. The van der Waals surface area contributed by atoms with Gasteiger partial charge >= 0.3 is 0 Å². The summed E-state index contributed by atoms with van der Waals surface area (Å²) in [7, 11) is 1.59. The number of fused-ring (bicyclic) bond motifs is 1. The van der Waals surface area contributed by atoms with Crippen molar-refractivity contribution >= 4 is 34.1 Å². The minimum Gasteiger partial charge on any atom is -0.497 e. The SMILES string of the molecule is COc1cccc(NC(=O)CSc2ccc(-c3ccc4ccccc4c3)nn2)c1. The number of aromatic nitrogens is 2. The fourth-order valence-corrected chi connectivity index (χ4v) is 3.55. The first-order chi connectivity index (χ1) is 14.2. The summed E-state index contributed by atoms with van der Waals surface area (Å²) in [5.74, 6) is 0.843. The van der Waals surface area contributed by atoms with Crippen molar-refractivity contribution in [3.63, 3.8) is 0 Å². The summed E-state index contributed by atoms with van der Waals surface area (Å²) in [6, 6.07) is 25.5. The predicted octanol–water partition coefficient (Wildman–Crippen LogP) is 5.04. The zero-order chi connectivity index (χ0) is 20.1. The standard InChI is InChI=1S/C23H19N3O2S/c1-28-20-8-4-7-19(14-20)24-22(27)15-29-23-12-11-21(25-26-23)18-10-9-16-5-2-3-6-17(16)13-18/h2-14H,15H2,1H3,(H,24,27). The molecule has 0 aliphatic carbocycles. The molecule has 1 N–H and O–H groups in total. The van der Waals surface area contributed by atoms with Crippen LogP contribution in [0.4, 0.5) is 5.69 Å². The van der Waals surface area contributed by atoms with Gasteiger partial charge in [0.2, 0.25) is 5.91 Å². The maximum atomic E-state index is 12.2. The number of hydrogen-bond donors (Lipinski definition) is 1. The molecule has 0 atom stereocenters. The van der Waals surface area contributed by atoms with E-state index in [4.69, 9.17) is 4.74 Å². The summed E-state index contributed by atoms with van der Waals surface area (Å²) >= 11 is 1.35. The molecule has 0 bridgehead atoms. The van der Waals surface area contributed by atoms with Gasteiger partial charge in [-0.15, -0.1) is 10.2 Å². The highest BCUT2D eigenvalue weighted by atomic mass is 32.2. The van der Waals surface area contributed by atoms with E-state index in [2.05, 4.69) is 39.8 Å². The summed E-state index contributed by atoms with van der Waals surface area (Å²) in [5, 5.41) is 14.5. The molecule has 0 aliphatic rings. The lowest BCUT2D eigenvalue weighted by atomic mass is 10.1. The largest absolute Gasteiger partial charge is 0.497 e. The molecule has 0 saturated heterocycles. The van der Waals surface area contributed by atoms with Crippen LogP contribution in [0.3, 0.4) is 0 Å². The van der Waals surface area contributed by atoms with Crippen molar-refractivity contribution in [2.75, 3.05) is 18.2 Å². The Morgan fingerprint density at radius 2 is 1.79 bits per heavy atom. The third kappa shape index (κ3) is 4.73. The Morgan fingerprint density at radius 1 is 0.931 bits per heavy atom. The maximum absolute atomic E-state index is 12.2. The van der Waals surface area contributed by atoms with Crippen LogP contribution in [0.1, 0.15) is 0 Å². The fraction of sp³-hybridized carbons (Fsp3) is 0.0870. The Hall–Kier alpha value is -3.38. The second kappa shape index (κ2) is 8.75. The summed E-state index contributed by atoms with van der Waals surface area (Å²) in [6.07, 6.45) is 0. The van der Waals surface area contributed by atoms with E-state index in [0.29, 0.717) is 16.5 Å². The summed E-state index contributed by atoms with van der Waals surface area (Å²) in [4.78, 5) is 12.2. The first kappa shape index (κ1) is 19.0. The van der Waals surface area contributed by atoms with Crippen molar-refractivity contribution in [3.8, 4) is 17.0 Å². The summed E-state index contributed by atoms with van der Waals surface area (Å²) < 4.78 is 5.16. The number of nitrogens with zero attached hydrogens (tertiary/aromatic N) is 2. The lowest BCUT2D eigenvalue weighted by molar-refractivity contribution is -0.113. The highest BCUT2D eigenvalue weighted by Crippen LogP contribution is 2.24. The Labute approximate surface area is 173 Å². The Kier molecular flexibility index (Phi) is 5.72. The molecule has 5 nitrogen and oxygen atoms in total. The molecule has 6 heteroatoms. The van der Waals surface area contributed by atoms with Gasteiger partial charge < -0.3 is 10.1 Å². The maximum Gasteiger partial charge on any atom is 0.234 e. The van der Waals surface area contributed by atoms with Crippen molar-refractivity contribution in [2.45, 2.75) is 5.03 Å². The van der Waals surface area contributed by atoms with E-state index in [1.807, 2.05) is 48.5 Å². The van der Waals surface area contributed by atoms with E-state index in [9.17, 15) is 4.79 Å². The van der Waals surface area contributed by atoms with E-state index in [-0.39, 0.29) is 11.7 Å². The average Bonchev–Trinajstić information content (AvgIpc) is 2.78. The molecular weight excluding hydrogens is 382 g/mol. The van der Waals surface area contributed by atoms with Crippen LogP contribution >= 0.6 is 11.8 Å². The molecule has 0 aliphatic heterocycles. The zero-order valence-electron chi connectivity index (χ0n) is 15.8. The molecule has 0 saturated carbocycles. The molecule has 0 spiro atoms. The lowest BCUT2D eigenvalue weighted by Crippen LogP contribution is -2.14. The molecule has 0 radical (unpaired) electrons. The number of hydrogen-bond acceptors (Lipinski definition) is 5. The number of carbonyl (C=O) groups is 1. The molecule has 1 amide bonds. The van der Waals surface area contributed by atoms with Crippen LogP contribution in [0.2, 0.25) is 0 Å². The van der Waals surface area contributed by atoms with Gasteiger partial charge in [-0.3, -0.25) is 4.79 Å². The van der Waals surface area contributed by atoms with Gasteiger partial charge in [-0.2, -0.15) is 0 Å². The fourth-order valence-electron chi connectivity index (χ4n) is 2.94. The van der Waals surface area contributed by atoms with Gasteiger partial charge in [0.15, 0.2) is 0 Å². The van der Waals surface area contributed by atoms with E-state index >= 15 is 0 Å². The predicted molar refractivity (Wildman–Crippen MR) is 117 cm³/mol. The van der Waals surface area contributed by atoms with Crippen molar-refractivity contribution in [2.24, 2.45) is 0 Å². The van der Waals surface area contributed by atoms with E-state index in [1.54, 1.807) is 13.2 Å². The van der Waals surface area contributed by atoms with Crippen molar-refractivity contribution in [3.05, 3.63) is 78.9 Å². The first-order valence-corrected chi connectivity index (χ1v) is 10.1. The topological polar surface area (TPSA) is 64.1 Å². The van der Waals surface area contributed by atoms with Crippen LogP contribution in [0.5, 0.6) is 5.75 Å². The van der Waals surface area contributed by atoms with Crippen LogP contribution in [0.15, 0.2) is 83.9 Å². The number of ether oxygens (including phenoxy) is 1. The number of nitrogens with one attached hydrogen (secondary N) is 1. The van der Waals surface area contributed by atoms with Gasteiger partial charge in [-0.05, 0) is 41.1 Å². The lowest BCUT2D eigenvalue weighted by Gasteiger charge is -2.07. The van der Waals surface area contributed by atoms with Crippen LogP contribution < -0.4 is 10.1 Å². The average molecular weight is 401 g/mol. The molecule has 1 aromatic heterocycles. The number of amides is 1. The molecule has 0 unspecified atom stereocenters. The van der Waals surface area contributed by atoms with Crippen LogP contribution in [-0.2, 0) is 4.79 Å². The van der Waals surface area contributed by atoms with Gasteiger partial charge in [0.05, 0.1) is 18.6 Å². The Balaban J connectivity index is 1.38. The van der Waals surface area contributed by atoms with Gasteiger partial charge in [0.25, 0.3) is 0 Å². The van der Waals surface area contributed by atoms with Crippen molar-refractivity contribution < 1.29 is 9.53 Å². The van der Waals surface area contributed by atoms with Gasteiger partial charge in [0, 0.05) is 17.3 Å². The number of methoxy groups -OCH3 is 1. The molecule has 0 fully saturated rings. The van der Waals surface area contributed by atoms with Gasteiger partial charge in [0.1, 0.15) is 10.8 Å². The molecule has 144 valence electrons. The second-order valence-electron chi connectivity index (χ2n) is 6.39. The Bertz CT molecular complexity index is 1150. The van der Waals surface area contributed by atoms with Gasteiger partial charge in [-0.1, -0.05) is 54.2 Å². The molecule has 4 aromatic rings. The monoisotopic (exact) mass is 401 g/mol. The van der Waals surface area contributed by atoms with Crippen molar-refractivity contribution in [1.82, 2.24) is 10.2 Å². The minimum atomic E-state index is -0.108. The molecular formula is C23H19N3O2S. The number of rotatable bonds is 6. The number of benzene rings is 3. The number of thioether (sulfide) groups is 1. The molecule has 3 aromatic carbocycles. The normalized spacial score (nSPS) is 10.7. The summed E-state index contributed by atoms with van der Waals surface area (Å²) in [6.45, 7) is 0. The highest BCUT2D eigenvalue weighted by Gasteiger charge is 2.07. The first-order valence-electron chi connectivity index (χ1n) is 9.11. The van der Waals surface area contributed by atoms with E-state index in [0.717, 1.165) is 11.3 Å². The van der Waals surface area contributed by atoms with E-state index in [1.165, 1.54) is 22.5 Å². The number of anilines is 1. The second-order valence-corrected chi connectivity index (χ2v) is 7.38. The van der Waals surface area contributed by atoms with Crippen LogP contribution in [-0.4, -0.2) is 29.0 Å². The van der Waals surface area contributed by atoms with Gasteiger partial charge in [-0.25, -0.2) is 0 Å². The molecule has 1 heterocycles. The highest BCUT2D eigenvalue weighted by molar-refractivity contribution is 7.99. The molecule has 4 rings (SSSR count). The quantitative estimate of drug-likeness (QED) is 0.459. The minimum absolute atomic E-state index is 0.108. The smallest absolute Gasteiger partial charge is 0.234 e. The van der Waals surface area contributed by atoms with Crippen LogP contribution in [0, 0.1) is 0 Å².